The Hall–Kier alpha value is -2.12. The van der Waals surface area contributed by atoms with Crippen molar-refractivity contribution in [2.45, 2.75) is 6.42 Å². The first-order valence-corrected chi connectivity index (χ1v) is 7.47. The summed E-state index contributed by atoms with van der Waals surface area (Å²) in [6, 6.07) is 7.46. The van der Waals surface area contributed by atoms with Crippen LogP contribution in [0.15, 0.2) is 24.3 Å². The third kappa shape index (κ3) is 3.96. The van der Waals surface area contributed by atoms with Crippen molar-refractivity contribution < 1.29 is 19.0 Å². The molecule has 0 aliphatic carbocycles. The Kier molecular flexibility index (Phi) is 5.74. The first-order chi connectivity index (χ1) is 10.7. The van der Waals surface area contributed by atoms with Crippen molar-refractivity contribution in [1.82, 2.24) is 4.98 Å². The van der Waals surface area contributed by atoms with Gasteiger partial charge in [0.2, 0.25) is 0 Å². The third-order valence-corrected chi connectivity index (χ3v) is 3.95. The highest BCUT2D eigenvalue weighted by atomic mass is 32.1. The van der Waals surface area contributed by atoms with Crippen molar-refractivity contribution in [3.05, 3.63) is 34.8 Å². The number of benzene rings is 1. The van der Waals surface area contributed by atoms with Crippen LogP contribution in [0, 0.1) is 0 Å². The van der Waals surface area contributed by atoms with Crippen LogP contribution in [-0.4, -0.2) is 38.9 Å². The molecule has 1 aromatic heterocycles. The lowest BCUT2D eigenvalue weighted by Gasteiger charge is -2.03. The van der Waals surface area contributed by atoms with E-state index in [1.165, 1.54) is 18.4 Å². The van der Waals surface area contributed by atoms with Crippen LogP contribution >= 0.6 is 11.3 Å². The van der Waals surface area contributed by atoms with E-state index in [0.717, 1.165) is 11.4 Å². The fraction of sp³-hybridized carbons (Fsp3) is 0.333. The summed E-state index contributed by atoms with van der Waals surface area (Å²) in [6.45, 7) is 0.496. The van der Waals surface area contributed by atoms with Crippen LogP contribution in [0.1, 0.15) is 15.4 Å². The molecule has 1 heterocycles. The van der Waals surface area contributed by atoms with Gasteiger partial charge in [0, 0.05) is 19.2 Å². The minimum Gasteiger partial charge on any atom is -0.497 e. The number of anilines is 2. The summed E-state index contributed by atoms with van der Waals surface area (Å²) in [6.07, 6.45) is 0.557. The van der Waals surface area contributed by atoms with Crippen molar-refractivity contribution in [3.8, 4) is 5.75 Å². The molecule has 2 rings (SSSR count). The van der Waals surface area contributed by atoms with Crippen molar-refractivity contribution in [2.24, 2.45) is 0 Å². The van der Waals surface area contributed by atoms with Crippen LogP contribution < -0.4 is 10.1 Å². The second-order valence-electron chi connectivity index (χ2n) is 4.38. The highest BCUT2D eigenvalue weighted by Crippen LogP contribution is 2.28. The van der Waals surface area contributed by atoms with Crippen molar-refractivity contribution in [1.29, 1.82) is 0 Å². The number of esters is 1. The maximum absolute atomic E-state index is 11.8. The summed E-state index contributed by atoms with van der Waals surface area (Å²) in [5, 5.41) is 3.81. The Morgan fingerprint density at radius 1 is 1.23 bits per heavy atom. The van der Waals surface area contributed by atoms with Crippen LogP contribution in [0.4, 0.5) is 10.8 Å². The number of nitrogens with zero attached hydrogens (tertiary/aromatic N) is 1. The molecular formula is C15H18N2O4S. The average molecular weight is 322 g/mol. The Morgan fingerprint density at radius 2 is 1.95 bits per heavy atom. The molecule has 0 atom stereocenters. The first-order valence-electron chi connectivity index (χ1n) is 6.66. The van der Waals surface area contributed by atoms with E-state index in [9.17, 15) is 4.79 Å². The molecule has 6 nitrogen and oxygen atoms in total. The average Bonchev–Trinajstić information content (AvgIpc) is 2.95. The third-order valence-electron chi connectivity index (χ3n) is 2.95. The zero-order chi connectivity index (χ0) is 15.9. The summed E-state index contributed by atoms with van der Waals surface area (Å²) >= 11 is 1.26. The molecule has 0 bridgehead atoms. The number of methoxy groups -OCH3 is 3. The van der Waals surface area contributed by atoms with Crippen LogP contribution in [0.2, 0.25) is 0 Å². The van der Waals surface area contributed by atoms with Crippen LogP contribution in [-0.2, 0) is 15.9 Å². The maximum atomic E-state index is 11.8. The predicted molar refractivity (Wildman–Crippen MR) is 85.3 cm³/mol. The number of rotatable bonds is 7. The quantitative estimate of drug-likeness (QED) is 0.791. The Balaban J connectivity index is 2.19. The lowest BCUT2D eigenvalue weighted by atomic mass is 10.3. The van der Waals surface area contributed by atoms with Gasteiger partial charge < -0.3 is 19.5 Å². The van der Waals surface area contributed by atoms with Crippen molar-refractivity contribution in [3.63, 3.8) is 0 Å². The second kappa shape index (κ2) is 7.77. The number of carbonyl (C=O) groups excluding carboxylic acids is 1. The number of nitrogens with one attached hydrogen (secondary N) is 1. The highest BCUT2D eigenvalue weighted by molar-refractivity contribution is 7.17. The normalized spacial score (nSPS) is 10.3. The minimum absolute atomic E-state index is 0.383. The molecule has 0 aliphatic heterocycles. The monoisotopic (exact) mass is 322 g/mol. The van der Waals surface area contributed by atoms with Gasteiger partial charge in [-0.05, 0) is 24.3 Å². The van der Waals surface area contributed by atoms with E-state index in [1.54, 1.807) is 14.2 Å². The lowest BCUT2D eigenvalue weighted by molar-refractivity contribution is 0.0604. The van der Waals surface area contributed by atoms with E-state index in [2.05, 4.69) is 10.3 Å². The molecule has 2 aromatic rings. The smallest absolute Gasteiger partial charge is 0.350 e. The van der Waals surface area contributed by atoms with Crippen LogP contribution in [0.3, 0.4) is 0 Å². The summed E-state index contributed by atoms with van der Waals surface area (Å²) in [7, 11) is 4.59. The van der Waals surface area contributed by atoms with Gasteiger partial charge in [0.1, 0.15) is 10.6 Å². The molecule has 118 valence electrons. The number of carbonyl (C=O) groups is 1. The fourth-order valence-electron chi connectivity index (χ4n) is 1.82. The molecule has 0 saturated heterocycles. The molecular weight excluding hydrogens is 304 g/mol. The molecule has 1 N–H and O–H groups in total. The number of ether oxygens (including phenoxy) is 3. The lowest BCUT2D eigenvalue weighted by Crippen LogP contribution is -2.05. The van der Waals surface area contributed by atoms with Gasteiger partial charge in [0.15, 0.2) is 5.13 Å². The van der Waals surface area contributed by atoms with Gasteiger partial charge in [-0.1, -0.05) is 11.3 Å². The topological polar surface area (TPSA) is 69.7 Å². The van der Waals surface area contributed by atoms with E-state index in [1.807, 2.05) is 24.3 Å². The van der Waals surface area contributed by atoms with Gasteiger partial charge in [0.25, 0.3) is 0 Å². The van der Waals surface area contributed by atoms with Gasteiger partial charge in [-0.15, -0.1) is 0 Å². The molecule has 7 heteroatoms. The second-order valence-corrected chi connectivity index (χ2v) is 5.38. The highest BCUT2D eigenvalue weighted by Gasteiger charge is 2.18. The molecule has 0 amide bonds. The van der Waals surface area contributed by atoms with E-state index in [-0.39, 0.29) is 5.97 Å². The van der Waals surface area contributed by atoms with E-state index < -0.39 is 0 Å². The number of hydrogen-bond acceptors (Lipinski definition) is 7. The predicted octanol–water partition coefficient (Wildman–Crippen LogP) is 2.87. The first kappa shape index (κ1) is 16.3. The number of hydrogen-bond donors (Lipinski definition) is 1. The summed E-state index contributed by atoms with van der Waals surface area (Å²) in [4.78, 5) is 16.8. The maximum Gasteiger partial charge on any atom is 0.350 e. The molecule has 0 spiro atoms. The Labute approximate surface area is 133 Å². The van der Waals surface area contributed by atoms with E-state index in [4.69, 9.17) is 14.2 Å². The summed E-state index contributed by atoms with van der Waals surface area (Å²) in [5.41, 5.74) is 1.54. The summed E-state index contributed by atoms with van der Waals surface area (Å²) < 4.78 is 15.0. The summed E-state index contributed by atoms with van der Waals surface area (Å²) in [5.74, 6) is 0.395. The van der Waals surface area contributed by atoms with E-state index >= 15 is 0 Å². The van der Waals surface area contributed by atoms with Gasteiger partial charge in [0.05, 0.1) is 26.5 Å². The standard InChI is InChI=1S/C15H18N2O4S/c1-19-9-8-12-13(14(18)21-3)22-15(17-12)16-10-4-6-11(20-2)7-5-10/h4-7H,8-9H2,1-3H3,(H,16,17). The Bertz CT molecular complexity index is 625. The molecule has 0 fully saturated rings. The zero-order valence-corrected chi connectivity index (χ0v) is 13.5. The molecule has 0 radical (unpaired) electrons. The minimum atomic E-state index is -0.383. The van der Waals surface area contributed by atoms with E-state index in [0.29, 0.717) is 28.7 Å². The zero-order valence-electron chi connectivity index (χ0n) is 12.7. The van der Waals surface area contributed by atoms with Crippen LogP contribution in [0.5, 0.6) is 5.75 Å². The number of thiazole rings is 1. The molecule has 0 saturated carbocycles. The molecule has 22 heavy (non-hydrogen) atoms. The number of aromatic nitrogens is 1. The van der Waals surface area contributed by atoms with Gasteiger partial charge in [-0.25, -0.2) is 9.78 Å². The SMILES string of the molecule is COCCc1nc(Nc2ccc(OC)cc2)sc1C(=O)OC. The molecule has 0 unspecified atom stereocenters. The van der Waals surface area contributed by atoms with Gasteiger partial charge >= 0.3 is 5.97 Å². The fourth-order valence-corrected chi connectivity index (χ4v) is 2.77. The van der Waals surface area contributed by atoms with Gasteiger partial charge in [-0.2, -0.15) is 0 Å². The molecule has 1 aromatic carbocycles. The largest absolute Gasteiger partial charge is 0.497 e. The Morgan fingerprint density at radius 3 is 2.55 bits per heavy atom. The van der Waals surface area contributed by atoms with Crippen LogP contribution in [0.25, 0.3) is 0 Å². The van der Waals surface area contributed by atoms with Gasteiger partial charge in [-0.3, -0.25) is 0 Å². The van der Waals surface area contributed by atoms with Crippen molar-refractivity contribution >= 4 is 28.1 Å². The molecule has 0 aliphatic rings. The van der Waals surface area contributed by atoms with Crippen molar-refractivity contribution in [2.75, 3.05) is 33.3 Å².